The van der Waals surface area contributed by atoms with E-state index in [4.69, 9.17) is 0 Å². The smallest absolute Gasteiger partial charge is 0.165 e. The van der Waals surface area contributed by atoms with E-state index in [1.165, 1.54) is 18.4 Å². The molecule has 1 aromatic carbocycles. The molecule has 3 aromatic rings. The van der Waals surface area contributed by atoms with Gasteiger partial charge in [0.25, 0.3) is 0 Å². The van der Waals surface area contributed by atoms with Crippen LogP contribution in [0, 0.1) is 0 Å². The number of hydrogen-bond donors (Lipinski definition) is 0. The van der Waals surface area contributed by atoms with Gasteiger partial charge in [0.15, 0.2) is 5.82 Å². The molecule has 5 nitrogen and oxygen atoms in total. The minimum Gasteiger partial charge on any atom is -0.289 e. The molecule has 1 aliphatic heterocycles. The van der Waals surface area contributed by atoms with Gasteiger partial charge >= 0.3 is 0 Å². The lowest BCUT2D eigenvalue weighted by atomic mass is 10.1. The van der Waals surface area contributed by atoms with E-state index in [0.717, 1.165) is 24.6 Å². The first-order valence-corrected chi connectivity index (χ1v) is 8.00. The van der Waals surface area contributed by atoms with Crippen molar-refractivity contribution >= 4 is 0 Å². The average molecular weight is 305 g/mol. The summed E-state index contributed by atoms with van der Waals surface area (Å²) in [7, 11) is 0. The van der Waals surface area contributed by atoms with Crippen LogP contribution in [0.3, 0.4) is 0 Å². The van der Waals surface area contributed by atoms with Crippen molar-refractivity contribution in [2.24, 2.45) is 0 Å². The molecule has 0 N–H and O–H groups in total. The summed E-state index contributed by atoms with van der Waals surface area (Å²) in [5.74, 6) is 0.870. The summed E-state index contributed by atoms with van der Waals surface area (Å²) in [6, 6.07) is 14.8. The highest BCUT2D eigenvalue weighted by Gasteiger charge is 2.26. The molecule has 1 aliphatic rings. The van der Waals surface area contributed by atoms with Gasteiger partial charge in [-0.2, -0.15) is 0 Å². The summed E-state index contributed by atoms with van der Waals surface area (Å²) in [5.41, 5.74) is 2.37. The fourth-order valence-corrected chi connectivity index (χ4v) is 3.24. The fourth-order valence-electron chi connectivity index (χ4n) is 3.24. The second kappa shape index (κ2) is 6.30. The van der Waals surface area contributed by atoms with Crippen LogP contribution in [0.25, 0.3) is 5.69 Å². The first-order chi connectivity index (χ1) is 11.4. The summed E-state index contributed by atoms with van der Waals surface area (Å²) in [4.78, 5) is 11.1. The Kier molecular flexibility index (Phi) is 3.86. The molecule has 0 aliphatic carbocycles. The Morgan fingerprint density at radius 3 is 2.70 bits per heavy atom. The summed E-state index contributed by atoms with van der Waals surface area (Å²) in [6.07, 6.45) is 7.93. The van der Waals surface area contributed by atoms with Crippen molar-refractivity contribution in [2.75, 3.05) is 6.54 Å². The number of rotatable bonds is 4. The lowest BCUT2D eigenvalue weighted by molar-refractivity contribution is 0.242. The molecular formula is C18H19N5. The van der Waals surface area contributed by atoms with Crippen molar-refractivity contribution < 1.29 is 0 Å². The molecule has 0 amide bonds. The molecule has 23 heavy (non-hydrogen) atoms. The quantitative estimate of drug-likeness (QED) is 0.743. The van der Waals surface area contributed by atoms with E-state index in [2.05, 4.69) is 32.1 Å². The van der Waals surface area contributed by atoms with Crippen LogP contribution >= 0.6 is 0 Å². The van der Waals surface area contributed by atoms with Gasteiger partial charge in [0.2, 0.25) is 0 Å². The van der Waals surface area contributed by atoms with E-state index in [1.54, 1.807) is 6.33 Å². The lowest BCUT2D eigenvalue weighted by Crippen LogP contribution is -2.23. The number of pyridine rings is 1. The van der Waals surface area contributed by atoms with Gasteiger partial charge in [-0.1, -0.05) is 18.2 Å². The fraction of sp³-hybridized carbons (Fsp3) is 0.278. The maximum atomic E-state index is 4.62. The zero-order valence-corrected chi connectivity index (χ0v) is 12.9. The van der Waals surface area contributed by atoms with E-state index >= 15 is 0 Å². The van der Waals surface area contributed by atoms with Crippen molar-refractivity contribution in [3.63, 3.8) is 0 Å². The maximum absolute atomic E-state index is 4.62. The van der Waals surface area contributed by atoms with Gasteiger partial charge in [0, 0.05) is 18.4 Å². The normalized spacial score (nSPS) is 18.3. The SMILES string of the molecule is c1ccc(-n2cnc(CN3CCC[C@@H]3c3ccncc3)n2)cc1. The van der Waals surface area contributed by atoms with Gasteiger partial charge in [-0.15, -0.1) is 5.10 Å². The van der Waals surface area contributed by atoms with Gasteiger partial charge in [0.05, 0.1) is 12.2 Å². The lowest BCUT2D eigenvalue weighted by Gasteiger charge is -2.23. The number of benzene rings is 1. The topological polar surface area (TPSA) is 46.8 Å². The summed E-state index contributed by atoms with van der Waals surface area (Å²) >= 11 is 0. The van der Waals surface area contributed by atoms with Crippen LogP contribution in [0.5, 0.6) is 0 Å². The zero-order valence-electron chi connectivity index (χ0n) is 12.9. The third-order valence-electron chi connectivity index (χ3n) is 4.36. The zero-order chi connectivity index (χ0) is 15.5. The number of hydrogen-bond acceptors (Lipinski definition) is 4. The Morgan fingerprint density at radius 2 is 1.87 bits per heavy atom. The van der Waals surface area contributed by atoms with E-state index in [0.29, 0.717) is 6.04 Å². The van der Waals surface area contributed by atoms with Crippen molar-refractivity contribution in [3.8, 4) is 5.69 Å². The molecule has 5 heteroatoms. The van der Waals surface area contributed by atoms with Crippen molar-refractivity contribution in [2.45, 2.75) is 25.4 Å². The van der Waals surface area contributed by atoms with Gasteiger partial charge in [-0.25, -0.2) is 9.67 Å². The predicted molar refractivity (Wildman–Crippen MR) is 88.0 cm³/mol. The summed E-state index contributed by atoms with van der Waals surface area (Å²) in [6.45, 7) is 1.87. The molecule has 4 rings (SSSR count). The highest BCUT2D eigenvalue weighted by atomic mass is 15.3. The number of likely N-dealkylation sites (tertiary alicyclic amines) is 1. The van der Waals surface area contributed by atoms with Crippen LogP contribution in [0.15, 0.2) is 61.2 Å². The molecule has 3 heterocycles. The minimum atomic E-state index is 0.446. The Hall–Kier alpha value is -2.53. The molecule has 1 saturated heterocycles. The van der Waals surface area contributed by atoms with Crippen LogP contribution in [-0.2, 0) is 6.54 Å². The molecule has 116 valence electrons. The number of aromatic nitrogens is 4. The molecule has 0 spiro atoms. The van der Waals surface area contributed by atoms with Crippen LogP contribution in [0.1, 0.15) is 30.3 Å². The van der Waals surface area contributed by atoms with Crippen LogP contribution in [0.2, 0.25) is 0 Å². The van der Waals surface area contributed by atoms with Gasteiger partial charge in [-0.3, -0.25) is 9.88 Å². The second-order valence-corrected chi connectivity index (χ2v) is 5.85. The summed E-state index contributed by atoms with van der Waals surface area (Å²) in [5, 5.41) is 4.62. The standard InChI is InChI=1S/C18H19N5/c1-2-5-16(6-3-1)23-14-20-18(21-23)13-22-12-4-7-17(22)15-8-10-19-11-9-15/h1-3,5-6,8-11,14,17H,4,7,12-13H2/t17-/m1/s1. The molecule has 0 radical (unpaired) electrons. The largest absolute Gasteiger partial charge is 0.289 e. The first kappa shape index (κ1) is 14.1. The second-order valence-electron chi connectivity index (χ2n) is 5.85. The average Bonchev–Trinajstić information content (AvgIpc) is 3.26. The Balaban J connectivity index is 1.51. The van der Waals surface area contributed by atoms with E-state index < -0.39 is 0 Å². The molecule has 0 bridgehead atoms. The van der Waals surface area contributed by atoms with E-state index in [1.807, 2.05) is 47.4 Å². The first-order valence-electron chi connectivity index (χ1n) is 8.00. The molecule has 2 aromatic heterocycles. The molecule has 1 fully saturated rings. The third-order valence-corrected chi connectivity index (χ3v) is 4.36. The van der Waals surface area contributed by atoms with Gasteiger partial charge in [-0.05, 0) is 49.2 Å². The van der Waals surface area contributed by atoms with Crippen LogP contribution in [0.4, 0.5) is 0 Å². The van der Waals surface area contributed by atoms with Gasteiger partial charge < -0.3 is 0 Å². The Morgan fingerprint density at radius 1 is 1.04 bits per heavy atom. The highest BCUT2D eigenvalue weighted by Crippen LogP contribution is 2.32. The van der Waals surface area contributed by atoms with Crippen molar-refractivity contribution in [1.29, 1.82) is 0 Å². The summed E-state index contributed by atoms with van der Waals surface area (Å²) < 4.78 is 1.84. The molecule has 0 unspecified atom stereocenters. The Bertz CT molecular complexity index is 753. The van der Waals surface area contributed by atoms with Gasteiger partial charge in [0.1, 0.15) is 6.33 Å². The van der Waals surface area contributed by atoms with Crippen LogP contribution < -0.4 is 0 Å². The van der Waals surface area contributed by atoms with Crippen molar-refractivity contribution in [3.05, 3.63) is 72.6 Å². The Labute approximate surface area is 135 Å². The van der Waals surface area contributed by atoms with Crippen molar-refractivity contribution in [1.82, 2.24) is 24.6 Å². The number of nitrogens with zero attached hydrogens (tertiary/aromatic N) is 5. The molecule has 1 atom stereocenters. The monoisotopic (exact) mass is 305 g/mol. The minimum absolute atomic E-state index is 0.446. The van der Waals surface area contributed by atoms with E-state index in [9.17, 15) is 0 Å². The number of para-hydroxylation sites is 1. The maximum Gasteiger partial charge on any atom is 0.165 e. The predicted octanol–water partition coefficient (Wildman–Crippen LogP) is 3.00. The third kappa shape index (κ3) is 3.00. The molecular weight excluding hydrogens is 286 g/mol. The van der Waals surface area contributed by atoms with Crippen LogP contribution in [-0.4, -0.2) is 31.2 Å². The highest BCUT2D eigenvalue weighted by molar-refractivity contribution is 5.29. The molecule has 0 saturated carbocycles. The van der Waals surface area contributed by atoms with E-state index in [-0.39, 0.29) is 0 Å².